The van der Waals surface area contributed by atoms with Crippen LogP contribution in [0.5, 0.6) is 0 Å². The fourth-order valence-corrected chi connectivity index (χ4v) is 4.92. The van der Waals surface area contributed by atoms with Gasteiger partial charge in [-0.2, -0.15) is 18.3 Å². The van der Waals surface area contributed by atoms with Crippen LogP contribution in [0.15, 0.2) is 90.0 Å². The zero-order chi connectivity index (χ0) is 24.0. The molecule has 34 heavy (non-hydrogen) atoms. The highest BCUT2D eigenvalue weighted by Gasteiger charge is 2.34. The number of likely N-dealkylation sites (tertiary alicyclic amines) is 1. The Hall–Kier alpha value is -3.10. The first-order valence-electron chi connectivity index (χ1n) is 10.8. The molecule has 0 aliphatic carbocycles. The van der Waals surface area contributed by atoms with Gasteiger partial charge in [0.1, 0.15) is 0 Å². The van der Waals surface area contributed by atoms with E-state index in [4.69, 9.17) is 0 Å². The number of rotatable bonds is 8. The third-order valence-corrected chi connectivity index (χ3v) is 6.74. The summed E-state index contributed by atoms with van der Waals surface area (Å²) in [6.07, 6.45) is -3.20. The van der Waals surface area contributed by atoms with Crippen LogP contribution in [-0.2, 0) is 11.0 Å². The first-order chi connectivity index (χ1) is 16.4. The SMILES string of the molecule is O=C(CSC1CN(C(c2ccccc2)c2ccccc2)C1)N/N=C\c1cccc(C(F)(F)F)c1. The van der Waals surface area contributed by atoms with Crippen LogP contribution in [0.2, 0.25) is 0 Å². The van der Waals surface area contributed by atoms with E-state index in [0.717, 1.165) is 25.2 Å². The number of carbonyl (C=O) groups excluding carboxylic acids is 1. The number of thioether (sulfide) groups is 1. The van der Waals surface area contributed by atoms with Crippen molar-refractivity contribution in [1.29, 1.82) is 0 Å². The number of nitrogens with one attached hydrogen (secondary N) is 1. The highest BCUT2D eigenvalue weighted by atomic mass is 32.2. The van der Waals surface area contributed by atoms with E-state index in [0.29, 0.717) is 5.25 Å². The molecule has 1 saturated heterocycles. The maximum atomic E-state index is 12.8. The topological polar surface area (TPSA) is 44.7 Å². The largest absolute Gasteiger partial charge is 0.416 e. The molecule has 0 unspecified atom stereocenters. The molecule has 0 spiro atoms. The van der Waals surface area contributed by atoms with Crippen LogP contribution in [0.3, 0.4) is 0 Å². The van der Waals surface area contributed by atoms with Crippen LogP contribution in [-0.4, -0.2) is 41.1 Å². The minimum atomic E-state index is -4.42. The molecule has 0 atom stereocenters. The summed E-state index contributed by atoms with van der Waals surface area (Å²) >= 11 is 1.56. The van der Waals surface area contributed by atoms with Gasteiger partial charge >= 0.3 is 6.18 Å². The summed E-state index contributed by atoms with van der Waals surface area (Å²) in [7, 11) is 0. The van der Waals surface area contributed by atoms with Gasteiger partial charge in [-0.25, -0.2) is 5.43 Å². The molecular formula is C26H24F3N3OS. The second kappa shape index (κ2) is 10.9. The molecule has 1 aliphatic heterocycles. The first kappa shape index (κ1) is 24.0. The number of hydrazone groups is 1. The first-order valence-corrected chi connectivity index (χ1v) is 11.9. The van der Waals surface area contributed by atoms with Crippen molar-refractivity contribution in [1.82, 2.24) is 10.3 Å². The van der Waals surface area contributed by atoms with Crippen LogP contribution >= 0.6 is 11.8 Å². The fraction of sp³-hybridized carbons (Fsp3) is 0.231. The minimum Gasteiger partial charge on any atom is -0.290 e. The number of nitrogens with zero attached hydrogens (tertiary/aromatic N) is 2. The highest BCUT2D eigenvalue weighted by Crippen LogP contribution is 2.35. The minimum absolute atomic E-state index is 0.171. The molecule has 0 radical (unpaired) electrons. The zero-order valence-corrected chi connectivity index (χ0v) is 19.1. The number of amides is 1. The molecular weight excluding hydrogens is 459 g/mol. The number of carbonyl (C=O) groups is 1. The molecule has 1 N–H and O–H groups in total. The average molecular weight is 484 g/mol. The zero-order valence-electron chi connectivity index (χ0n) is 18.3. The predicted molar refractivity (Wildman–Crippen MR) is 130 cm³/mol. The van der Waals surface area contributed by atoms with Crippen molar-refractivity contribution >= 4 is 23.9 Å². The maximum Gasteiger partial charge on any atom is 0.416 e. The molecule has 0 bridgehead atoms. The smallest absolute Gasteiger partial charge is 0.290 e. The van der Waals surface area contributed by atoms with Gasteiger partial charge in [-0.1, -0.05) is 72.8 Å². The number of hydrogen-bond donors (Lipinski definition) is 1. The summed E-state index contributed by atoms with van der Waals surface area (Å²) in [4.78, 5) is 14.5. The van der Waals surface area contributed by atoms with Crippen LogP contribution < -0.4 is 5.43 Å². The summed E-state index contributed by atoms with van der Waals surface area (Å²) in [5.41, 5.74) is 4.38. The third-order valence-electron chi connectivity index (χ3n) is 5.54. The molecule has 0 saturated carbocycles. The summed E-state index contributed by atoms with van der Waals surface area (Å²) in [5.74, 6) is -0.0471. The summed E-state index contributed by atoms with van der Waals surface area (Å²) in [6, 6.07) is 25.7. The molecule has 8 heteroatoms. The molecule has 1 fully saturated rings. The molecule has 1 aliphatic rings. The highest BCUT2D eigenvalue weighted by molar-refractivity contribution is 8.00. The van der Waals surface area contributed by atoms with Gasteiger partial charge in [-0.3, -0.25) is 9.69 Å². The van der Waals surface area contributed by atoms with Gasteiger partial charge < -0.3 is 0 Å². The van der Waals surface area contributed by atoms with Crippen molar-refractivity contribution in [3.63, 3.8) is 0 Å². The second-order valence-electron chi connectivity index (χ2n) is 8.03. The van der Waals surface area contributed by atoms with E-state index in [1.165, 1.54) is 29.5 Å². The van der Waals surface area contributed by atoms with Crippen molar-refractivity contribution in [3.8, 4) is 0 Å². The van der Waals surface area contributed by atoms with Gasteiger partial charge in [0.05, 0.1) is 23.6 Å². The van der Waals surface area contributed by atoms with Gasteiger partial charge in [0.15, 0.2) is 0 Å². The molecule has 0 aromatic heterocycles. The van der Waals surface area contributed by atoms with Crippen LogP contribution in [0.1, 0.15) is 28.3 Å². The van der Waals surface area contributed by atoms with Gasteiger partial charge in [0, 0.05) is 18.3 Å². The quantitative estimate of drug-likeness (QED) is 0.347. The van der Waals surface area contributed by atoms with Crippen molar-refractivity contribution < 1.29 is 18.0 Å². The Balaban J connectivity index is 1.26. The number of alkyl halides is 3. The number of benzene rings is 3. The maximum absolute atomic E-state index is 12.8. The van der Waals surface area contributed by atoms with Crippen molar-refractivity contribution in [2.75, 3.05) is 18.8 Å². The van der Waals surface area contributed by atoms with Crippen molar-refractivity contribution in [2.24, 2.45) is 5.10 Å². The summed E-state index contributed by atoms with van der Waals surface area (Å²) < 4.78 is 38.3. The molecule has 3 aromatic carbocycles. The Labute approximate surface area is 200 Å². The van der Waals surface area contributed by atoms with Crippen LogP contribution in [0.25, 0.3) is 0 Å². The van der Waals surface area contributed by atoms with Crippen LogP contribution in [0, 0.1) is 0 Å². The molecule has 4 nitrogen and oxygen atoms in total. The Morgan fingerprint density at radius 3 is 2.21 bits per heavy atom. The van der Waals surface area contributed by atoms with E-state index < -0.39 is 11.7 Å². The molecule has 1 heterocycles. The Bertz CT molecular complexity index is 1080. The van der Waals surface area contributed by atoms with E-state index in [1.54, 1.807) is 11.8 Å². The number of hydrogen-bond acceptors (Lipinski definition) is 4. The standard InChI is InChI=1S/C26H24F3N3OS/c27-26(28,29)22-13-7-8-19(14-22)15-30-31-24(33)18-34-23-16-32(17-23)25(20-9-3-1-4-10-20)21-11-5-2-6-12-21/h1-15,23,25H,16-18H2,(H,31,33)/b30-15-. The van der Waals surface area contributed by atoms with E-state index >= 15 is 0 Å². The fourth-order valence-electron chi connectivity index (χ4n) is 3.87. The summed E-state index contributed by atoms with van der Waals surface area (Å²) in [6.45, 7) is 1.72. The predicted octanol–water partition coefficient (Wildman–Crippen LogP) is 5.36. The monoisotopic (exact) mass is 483 g/mol. The Morgan fingerprint density at radius 1 is 1.00 bits per heavy atom. The van der Waals surface area contributed by atoms with E-state index in [9.17, 15) is 18.0 Å². The molecule has 176 valence electrons. The van der Waals surface area contributed by atoms with Gasteiger partial charge in [0.25, 0.3) is 0 Å². The number of halogens is 3. The normalized spacial score (nSPS) is 14.9. The molecule has 4 rings (SSSR count). The van der Waals surface area contributed by atoms with E-state index in [-0.39, 0.29) is 23.3 Å². The van der Waals surface area contributed by atoms with Crippen LogP contribution in [0.4, 0.5) is 13.2 Å². The van der Waals surface area contributed by atoms with Crippen molar-refractivity contribution in [2.45, 2.75) is 17.5 Å². The van der Waals surface area contributed by atoms with Crippen molar-refractivity contribution in [3.05, 3.63) is 107 Å². The van der Waals surface area contributed by atoms with E-state index in [1.807, 2.05) is 36.4 Å². The lowest BCUT2D eigenvalue weighted by Gasteiger charge is -2.44. The summed E-state index contributed by atoms with van der Waals surface area (Å²) in [5, 5.41) is 4.12. The third kappa shape index (κ3) is 6.27. The second-order valence-corrected chi connectivity index (χ2v) is 9.32. The lowest BCUT2D eigenvalue weighted by atomic mass is 9.94. The molecule has 3 aromatic rings. The van der Waals surface area contributed by atoms with E-state index in [2.05, 4.69) is 39.7 Å². The van der Waals surface area contributed by atoms with Gasteiger partial charge in [-0.15, -0.1) is 11.8 Å². The van der Waals surface area contributed by atoms with Gasteiger partial charge in [-0.05, 0) is 28.8 Å². The molecule has 1 amide bonds. The Kier molecular flexibility index (Phi) is 7.70. The van der Waals surface area contributed by atoms with Gasteiger partial charge in [0.2, 0.25) is 5.91 Å². The average Bonchev–Trinajstić information content (AvgIpc) is 2.81. The lowest BCUT2D eigenvalue weighted by Crippen LogP contribution is -2.51. The Morgan fingerprint density at radius 2 is 1.62 bits per heavy atom. The lowest BCUT2D eigenvalue weighted by molar-refractivity contribution is -0.137.